The smallest absolute Gasteiger partial charge is 0.333 e. The molecule has 1 fully saturated rings. The predicted octanol–water partition coefficient (Wildman–Crippen LogP) is 1.25. The van der Waals surface area contributed by atoms with Gasteiger partial charge in [0.2, 0.25) is 0 Å². The number of hydrogen-bond donors (Lipinski definition) is 0. The lowest BCUT2D eigenvalue weighted by atomic mass is 10.1. The number of benzene rings is 1. The maximum absolute atomic E-state index is 12.1. The van der Waals surface area contributed by atoms with E-state index in [0.717, 1.165) is 0 Å². The third-order valence-electron chi connectivity index (χ3n) is 2.84. The van der Waals surface area contributed by atoms with Crippen LogP contribution in [0.1, 0.15) is 6.92 Å². The van der Waals surface area contributed by atoms with E-state index >= 15 is 0 Å². The highest BCUT2D eigenvalue weighted by Gasteiger charge is 2.46. The van der Waals surface area contributed by atoms with E-state index in [4.69, 9.17) is 14.2 Å². The Morgan fingerprint density at radius 2 is 1.95 bits per heavy atom. The van der Waals surface area contributed by atoms with E-state index in [9.17, 15) is 14.4 Å². The first-order chi connectivity index (χ1) is 9.99. The minimum atomic E-state index is -1.28. The van der Waals surface area contributed by atoms with Crippen molar-refractivity contribution >= 4 is 17.9 Å². The molecule has 0 aromatic heterocycles. The van der Waals surface area contributed by atoms with Crippen LogP contribution in [0.3, 0.4) is 0 Å². The van der Waals surface area contributed by atoms with Gasteiger partial charge in [-0.3, -0.25) is 9.59 Å². The highest BCUT2D eigenvalue weighted by atomic mass is 16.6. The summed E-state index contributed by atoms with van der Waals surface area (Å²) >= 11 is 0. The Morgan fingerprint density at radius 3 is 2.57 bits per heavy atom. The average Bonchev–Trinajstić information content (AvgIpc) is 2.80. The van der Waals surface area contributed by atoms with Crippen molar-refractivity contribution in [3.8, 4) is 5.75 Å². The van der Waals surface area contributed by atoms with Crippen molar-refractivity contribution < 1.29 is 28.6 Å². The van der Waals surface area contributed by atoms with E-state index in [2.05, 4.69) is 6.58 Å². The van der Waals surface area contributed by atoms with Crippen LogP contribution < -0.4 is 4.74 Å². The van der Waals surface area contributed by atoms with Crippen LogP contribution in [0.2, 0.25) is 0 Å². The zero-order valence-corrected chi connectivity index (χ0v) is 11.4. The second-order valence-corrected chi connectivity index (χ2v) is 4.57. The molecule has 6 nitrogen and oxygen atoms in total. The summed E-state index contributed by atoms with van der Waals surface area (Å²) in [6, 6.07) is 8.29. The third kappa shape index (κ3) is 3.47. The number of rotatable bonds is 4. The van der Waals surface area contributed by atoms with Gasteiger partial charge in [-0.25, -0.2) is 4.79 Å². The Hall–Kier alpha value is -2.63. The second kappa shape index (κ2) is 6.21. The van der Waals surface area contributed by atoms with Crippen molar-refractivity contribution in [3.63, 3.8) is 0 Å². The molecule has 0 amide bonds. The number of hydrogen-bond acceptors (Lipinski definition) is 6. The van der Waals surface area contributed by atoms with Gasteiger partial charge in [-0.1, -0.05) is 24.8 Å². The topological polar surface area (TPSA) is 78.9 Å². The monoisotopic (exact) mass is 290 g/mol. The molecular weight excluding hydrogens is 276 g/mol. The molecule has 1 aromatic carbocycles. The molecule has 2 unspecified atom stereocenters. The summed E-state index contributed by atoms with van der Waals surface area (Å²) in [5, 5.41) is 0. The Labute approximate surface area is 121 Å². The number of carbonyl (C=O) groups excluding carboxylic acids is 3. The standard InChI is InChI=1S/C15H14O6/c1-9(2)13(16)21-11-8-19-14(17)12(11)15(18)20-10-6-4-3-5-7-10/h3-7,11-12H,1,8H2,2H3. The Morgan fingerprint density at radius 1 is 1.29 bits per heavy atom. The van der Waals surface area contributed by atoms with E-state index in [1.54, 1.807) is 30.3 Å². The summed E-state index contributed by atoms with van der Waals surface area (Å²) in [4.78, 5) is 35.2. The van der Waals surface area contributed by atoms with Gasteiger partial charge in [0.25, 0.3) is 0 Å². The van der Waals surface area contributed by atoms with Crippen molar-refractivity contribution in [1.29, 1.82) is 0 Å². The fourth-order valence-electron chi connectivity index (χ4n) is 1.76. The maximum atomic E-state index is 12.1. The lowest BCUT2D eigenvalue weighted by Gasteiger charge is -2.15. The van der Waals surface area contributed by atoms with Gasteiger partial charge in [-0.15, -0.1) is 0 Å². The van der Waals surface area contributed by atoms with E-state index in [1.807, 2.05) is 0 Å². The highest BCUT2D eigenvalue weighted by molar-refractivity contribution is 5.98. The van der Waals surface area contributed by atoms with Crippen LogP contribution in [-0.4, -0.2) is 30.6 Å². The molecule has 2 atom stereocenters. The lowest BCUT2D eigenvalue weighted by molar-refractivity contribution is -0.154. The summed E-state index contributed by atoms with van der Waals surface area (Å²) in [6.07, 6.45) is -1.00. The molecule has 0 radical (unpaired) electrons. The largest absolute Gasteiger partial charge is 0.461 e. The minimum absolute atomic E-state index is 0.171. The van der Waals surface area contributed by atoms with Crippen LogP contribution in [-0.2, 0) is 23.9 Å². The Bertz CT molecular complexity index is 577. The average molecular weight is 290 g/mol. The summed E-state index contributed by atoms with van der Waals surface area (Å²) in [6.45, 7) is 4.73. The first-order valence-corrected chi connectivity index (χ1v) is 6.29. The van der Waals surface area contributed by atoms with E-state index in [-0.39, 0.29) is 12.2 Å². The highest BCUT2D eigenvalue weighted by Crippen LogP contribution is 2.22. The molecule has 6 heteroatoms. The SMILES string of the molecule is C=C(C)C(=O)OC1COC(=O)C1C(=O)Oc1ccccc1. The van der Waals surface area contributed by atoms with Gasteiger partial charge in [0.05, 0.1) is 0 Å². The molecule has 2 rings (SSSR count). The van der Waals surface area contributed by atoms with Crippen LogP contribution in [0.15, 0.2) is 42.5 Å². The molecule has 110 valence electrons. The predicted molar refractivity (Wildman–Crippen MR) is 71.2 cm³/mol. The van der Waals surface area contributed by atoms with Crippen LogP contribution in [0.25, 0.3) is 0 Å². The van der Waals surface area contributed by atoms with Crippen LogP contribution in [0.4, 0.5) is 0 Å². The van der Waals surface area contributed by atoms with Gasteiger partial charge < -0.3 is 14.2 Å². The summed E-state index contributed by atoms with van der Waals surface area (Å²) in [5.74, 6) is -3.25. The van der Waals surface area contributed by atoms with Crippen LogP contribution in [0, 0.1) is 5.92 Å². The second-order valence-electron chi connectivity index (χ2n) is 4.57. The molecular formula is C15H14O6. The molecule has 1 aliphatic rings. The number of para-hydroxylation sites is 1. The third-order valence-corrected chi connectivity index (χ3v) is 2.84. The van der Waals surface area contributed by atoms with Crippen molar-refractivity contribution in [2.75, 3.05) is 6.61 Å². The van der Waals surface area contributed by atoms with Crippen molar-refractivity contribution in [3.05, 3.63) is 42.5 Å². The molecule has 1 aromatic rings. The molecule has 1 heterocycles. The van der Waals surface area contributed by atoms with Crippen LogP contribution in [0.5, 0.6) is 5.75 Å². The zero-order chi connectivity index (χ0) is 15.4. The fraction of sp³-hybridized carbons (Fsp3) is 0.267. The number of cyclic esters (lactones) is 1. The lowest BCUT2D eigenvalue weighted by Crippen LogP contribution is -2.36. The molecule has 0 N–H and O–H groups in total. The normalized spacial score (nSPS) is 20.5. The Kier molecular flexibility index (Phi) is 4.37. The quantitative estimate of drug-likeness (QED) is 0.359. The summed E-state index contributed by atoms with van der Waals surface area (Å²) in [5.41, 5.74) is 0.171. The van der Waals surface area contributed by atoms with E-state index in [0.29, 0.717) is 5.75 Å². The molecule has 0 bridgehead atoms. The molecule has 1 aliphatic heterocycles. The van der Waals surface area contributed by atoms with Gasteiger partial charge in [-0.05, 0) is 19.1 Å². The number of ether oxygens (including phenoxy) is 3. The van der Waals surface area contributed by atoms with Gasteiger partial charge >= 0.3 is 17.9 Å². The van der Waals surface area contributed by atoms with Gasteiger partial charge in [0.1, 0.15) is 12.4 Å². The first-order valence-electron chi connectivity index (χ1n) is 6.29. The summed E-state index contributed by atoms with van der Waals surface area (Å²) < 4.78 is 14.9. The minimum Gasteiger partial charge on any atom is -0.461 e. The van der Waals surface area contributed by atoms with Gasteiger partial charge in [0, 0.05) is 5.57 Å². The molecule has 1 saturated heterocycles. The molecule has 0 spiro atoms. The number of esters is 3. The van der Waals surface area contributed by atoms with Crippen molar-refractivity contribution in [2.24, 2.45) is 5.92 Å². The molecule has 0 aliphatic carbocycles. The molecule has 0 saturated carbocycles. The summed E-state index contributed by atoms with van der Waals surface area (Å²) in [7, 11) is 0. The fourth-order valence-corrected chi connectivity index (χ4v) is 1.76. The zero-order valence-electron chi connectivity index (χ0n) is 11.4. The van der Waals surface area contributed by atoms with Crippen molar-refractivity contribution in [1.82, 2.24) is 0 Å². The van der Waals surface area contributed by atoms with Gasteiger partial charge in [-0.2, -0.15) is 0 Å². The van der Waals surface area contributed by atoms with Crippen molar-refractivity contribution in [2.45, 2.75) is 13.0 Å². The van der Waals surface area contributed by atoms with Crippen LogP contribution >= 0.6 is 0 Å². The molecule has 21 heavy (non-hydrogen) atoms. The first kappa shape index (κ1) is 14.8. The van der Waals surface area contributed by atoms with E-state index in [1.165, 1.54) is 6.92 Å². The maximum Gasteiger partial charge on any atom is 0.333 e. The van der Waals surface area contributed by atoms with E-state index < -0.39 is 29.9 Å². The number of carbonyl (C=O) groups is 3. The van der Waals surface area contributed by atoms with Gasteiger partial charge in [0.15, 0.2) is 12.0 Å². The Balaban J connectivity index is 2.07.